The molecule has 1 aliphatic rings. The molecule has 0 saturated heterocycles. The number of hydrogen-bond donors (Lipinski definition) is 0. The van der Waals surface area contributed by atoms with Crippen LogP contribution in [0.1, 0.15) is 59.8 Å². The molecule has 0 bridgehead atoms. The summed E-state index contributed by atoms with van der Waals surface area (Å²) in [7, 11) is 0. The van der Waals surface area contributed by atoms with Gasteiger partial charge in [-0.15, -0.1) is 6.58 Å². The summed E-state index contributed by atoms with van der Waals surface area (Å²) in [5, 5.41) is 0. The van der Waals surface area contributed by atoms with E-state index in [-0.39, 0.29) is 0 Å². The molecule has 0 N–H and O–H groups in total. The predicted octanol–water partition coefficient (Wildman–Crippen LogP) is 5.36. The highest BCUT2D eigenvalue weighted by molar-refractivity contribution is 4.99. The fourth-order valence-corrected chi connectivity index (χ4v) is 1.50. The molecule has 0 spiro atoms. The van der Waals surface area contributed by atoms with Crippen LogP contribution in [0, 0.1) is 11.8 Å². The number of rotatable bonds is 2. The van der Waals surface area contributed by atoms with Crippen LogP contribution in [0.15, 0.2) is 24.3 Å². The Hall–Kier alpha value is -0.520. The maximum absolute atomic E-state index is 3.63. The normalized spacial score (nSPS) is 22.9. The van der Waals surface area contributed by atoms with Crippen LogP contribution >= 0.6 is 0 Å². The van der Waals surface area contributed by atoms with Crippen LogP contribution in [0.4, 0.5) is 0 Å². The van der Waals surface area contributed by atoms with Crippen molar-refractivity contribution in [3.8, 4) is 0 Å². The van der Waals surface area contributed by atoms with E-state index >= 15 is 0 Å². The summed E-state index contributed by atoms with van der Waals surface area (Å²) in [4.78, 5) is 0. The number of allylic oxidation sites excluding steroid dienone is 3. The van der Waals surface area contributed by atoms with E-state index < -0.39 is 0 Å². The molecule has 0 heterocycles. The molecule has 15 heavy (non-hydrogen) atoms. The standard InChI is InChI=1S/C9H16.C6H12/c1-8-4-3-5-9(2)7-6-8;1-4-6(3)5-2/h4,9H,3,5-7H2,1-2H3;4,6H,1,5H2,2-3H3. The van der Waals surface area contributed by atoms with Crippen molar-refractivity contribution >= 4 is 0 Å². The molecule has 0 aromatic heterocycles. The molecule has 88 valence electrons. The van der Waals surface area contributed by atoms with Crippen molar-refractivity contribution in [2.24, 2.45) is 11.8 Å². The van der Waals surface area contributed by atoms with Crippen molar-refractivity contribution in [1.29, 1.82) is 0 Å². The summed E-state index contributed by atoms with van der Waals surface area (Å²) in [5.41, 5.74) is 1.60. The maximum atomic E-state index is 3.63. The van der Waals surface area contributed by atoms with Crippen LogP contribution in [-0.4, -0.2) is 0 Å². The zero-order valence-electron chi connectivity index (χ0n) is 11.1. The largest absolute Gasteiger partial charge is 0.103 e. The van der Waals surface area contributed by atoms with Gasteiger partial charge >= 0.3 is 0 Å². The van der Waals surface area contributed by atoms with Crippen molar-refractivity contribution in [3.05, 3.63) is 24.3 Å². The molecule has 0 radical (unpaired) electrons. The molecule has 0 fully saturated rings. The average molecular weight is 208 g/mol. The van der Waals surface area contributed by atoms with Crippen molar-refractivity contribution in [2.45, 2.75) is 59.8 Å². The van der Waals surface area contributed by atoms with Gasteiger partial charge in [0.2, 0.25) is 0 Å². The molecule has 0 saturated carbocycles. The Kier molecular flexibility index (Phi) is 8.46. The Labute approximate surface area is 96.5 Å². The molecule has 0 heteroatoms. The predicted molar refractivity (Wildman–Crippen MR) is 71.0 cm³/mol. The van der Waals surface area contributed by atoms with Crippen LogP contribution in [0.5, 0.6) is 0 Å². The van der Waals surface area contributed by atoms with Crippen molar-refractivity contribution in [3.63, 3.8) is 0 Å². The molecular formula is C15H28. The monoisotopic (exact) mass is 208 g/mol. The Bertz CT molecular complexity index is 188. The lowest BCUT2D eigenvalue weighted by molar-refractivity contribution is 0.510. The Morgan fingerprint density at radius 3 is 2.67 bits per heavy atom. The minimum Gasteiger partial charge on any atom is -0.103 e. The lowest BCUT2D eigenvalue weighted by atomic mass is 10.0. The highest BCUT2D eigenvalue weighted by Crippen LogP contribution is 2.21. The van der Waals surface area contributed by atoms with Gasteiger partial charge in [0, 0.05) is 0 Å². The molecule has 0 aromatic carbocycles. The van der Waals surface area contributed by atoms with E-state index in [0.29, 0.717) is 5.92 Å². The third-order valence-electron chi connectivity index (χ3n) is 3.23. The Morgan fingerprint density at radius 2 is 2.20 bits per heavy atom. The lowest BCUT2D eigenvalue weighted by Gasteiger charge is -2.04. The van der Waals surface area contributed by atoms with Crippen LogP contribution < -0.4 is 0 Å². The molecule has 0 aliphatic heterocycles. The first-order chi connectivity index (χ1) is 7.10. The van der Waals surface area contributed by atoms with Crippen molar-refractivity contribution in [2.75, 3.05) is 0 Å². The molecule has 2 atom stereocenters. The van der Waals surface area contributed by atoms with Gasteiger partial charge < -0.3 is 0 Å². The van der Waals surface area contributed by atoms with E-state index in [1.807, 2.05) is 6.08 Å². The van der Waals surface area contributed by atoms with Crippen LogP contribution in [-0.2, 0) is 0 Å². The fourth-order valence-electron chi connectivity index (χ4n) is 1.50. The van der Waals surface area contributed by atoms with E-state index in [2.05, 4.69) is 40.3 Å². The Morgan fingerprint density at radius 1 is 1.53 bits per heavy atom. The van der Waals surface area contributed by atoms with E-state index in [1.165, 1.54) is 32.1 Å². The molecule has 0 aromatic rings. The van der Waals surface area contributed by atoms with Gasteiger partial charge in [-0.05, 0) is 44.4 Å². The molecule has 1 rings (SSSR count). The van der Waals surface area contributed by atoms with Gasteiger partial charge in [0.15, 0.2) is 0 Å². The van der Waals surface area contributed by atoms with Gasteiger partial charge in [-0.3, -0.25) is 0 Å². The van der Waals surface area contributed by atoms with E-state index in [9.17, 15) is 0 Å². The summed E-state index contributed by atoms with van der Waals surface area (Å²) in [6.07, 6.45) is 11.0. The SMILES string of the molecule is C=CC(C)CC.CC1=CCCC(C)CC1. The van der Waals surface area contributed by atoms with Gasteiger partial charge in [0.25, 0.3) is 0 Å². The summed E-state index contributed by atoms with van der Waals surface area (Å²) in [6, 6.07) is 0. The first kappa shape index (κ1) is 14.5. The lowest BCUT2D eigenvalue weighted by Crippen LogP contribution is -1.89. The minimum atomic E-state index is 0.699. The summed E-state index contributed by atoms with van der Waals surface area (Å²) >= 11 is 0. The first-order valence-corrected chi connectivity index (χ1v) is 6.38. The third-order valence-corrected chi connectivity index (χ3v) is 3.23. The topological polar surface area (TPSA) is 0 Å². The molecular weight excluding hydrogens is 180 g/mol. The van der Waals surface area contributed by atoms with E-state index in [1.54, 1.807) is 5.57 Å². The summed E-state index contributed by atoms with van der Waals surface area (Å²) in [6.45, 7) is 12.6. The zero-order valence-corrected chi connectivity index (χ0v) is 11.1. The minimum absolute atomic E-state index is 0.699. The Balaban J connectivity index is 0.000000288. The smallest absolute Gasteiger partial charge is 0.0267 e. The van der Waals surface area contributed by atoms with E-state index in [0.717, 1.165) is 5.92 Å². The third kappa shape index (κ3) is 8.47. The molecule has 0 amide bonds. The van der Waals surface area contributed by atoms with Crippen LogP contribution in [0.25, 0.3) is 0 Å². The van der Waals surface area contributed by atoms with Gasteiger partial charge in [0.05, 0.1) is 0 Å². The van der Waals surface area contributed by atoms with Crippen LogP contribution in [0.2, 0.25) is 0 Å². The van der Waals surface area contributed by atoms with Crippen molar-refractivity contribution < 1.29 is 0 Å². The fraction of sp³-hybridized carbons (Fsp3) is 0.733. The highest BCUT2D eigenvalue weighted by Gasteiger charge is 2.04. The highest BCUT2D eigenvalue weighted by atomic mass is 14.1. The van der Waals surface area contributed by atoms with Gasteiger partial charge in [-0.25, -0.2) is 0 Å². The molecule has 1 aliphatic carbocycles. The quantitative estimate of drug-likeness (QED) is 0.536. The van der Waals surface area contributed by atoms with Crippen molar-refractivity contribution in [1.82, 2.24) is 0 Å². The van der Waals surface area contributed by atoms with Crippen LogP contribution in [0.3, 0.4) is 0 Å². The zero-order chi connectivity index (χ0) is 11.7. The first-order valence-electron chi connectivity index (χ1n) is 6.38. The summed E-state index contributed by atoms with van der Waals surface area (Å²) < 4.78 is 0. The molecule has 2 unspecified atom stereocenters. The average Bonchev–Trinajstić information content (AvgIpc) is 2.43. The number of hydrogen-bond acceptors (Lipinski definition) is 0. The van der Waals surface area contributed by atoms with E-state index in [4.69, 9.17) is 0 Å². The van der Waals surface area contributed by atoms with Gasteiger partial charge in [0.1, 0.15) is 0 Å². The maximum Gasteiger partial charge on any atom is -0.0267 e. The summed E-state index contributed by atoms with van der Waals surface area (Å²) in [5.74, 6) is 1.66. The van der Waals surface area contributed by atoms with Gasteiger partial charge in [-0.2, -0.15) is 0 Å². The second kappa shape index (κ2) is 8.76. The second-order valence-corrected chi connectivity index (χ2v) is 4.89. The second-order valence-electron chi connectivity index (χ2n) is 4.89. The molecule has 0 nitrogen and oxygen atoms in total. The van der Waals surface area contributed by atoms with Gasteiger partial charge in [-0.1, -0.05) is 44.9 Å².